The van der Waals surface area contributed by atoms with Crippen molar-refractivity contribution in [2.75, 3.05) is 43.0 Å². The van der Waals surface area contributed by atoms with Gasteiger partial charge in [-0.1, -0.05) is 63.3 Å². The lowest BCUT2D eigenvalue weighted by atomic mass is 9.87. The molecule has 0 unspecified atom stereocenters. The maximum Gasteiger partial charge on any atom is 0.110 e. The van der Waals surface area contributed by atoms with Gasteiger partial charge in [0.15, 0.2) is 0 Å². The van der Waals surface area contributed by atoms with E-state index in [0.717, 1.165) is 40.6 Å². The lowest BCUT2D eigenvalue weighted by Gasteiger charge is -2.42. The van der Waals surface area contributed by atoms with Crippen LogP contribution in [0.25, 0.3) is 11.1 Å². The van der Waals surface area contributed by atoms with Crippen molar-refractivity contribution < 1.29 is 0 Å². The molecule has 0 radical (unpaired) electrons. The quantitative estimate of drug-likeness (QED) is 0.308. The van der Waals surface area contributed by atoms with Crippen molar-refractivity contribution in [1.29, 1.82) is 0 Å². The summed E-state index contributed by atoms with van der Waals surface area (Å²) < 4.78 is 0.988. The number of benzene rings is 2. The lowest BCUT2D eigenvalue weighted by molar-refractivity contribution is 0.392. The predicted octanol–water partition coefficient (Wildman–Crippen LogP) is 6.39. The summed E-state index contributed by atoms with van der Waals surface area (Å²) in [6.07, 6.45) is 0. The van der Waals surface area contributed by atoms with Gasteiger partial charge in [-0.25, -0.2) is 0 Å². The predicted molar refractivity (Wildman–Crippen MR) is 142 cm³/mol. The minimum absolute atomic E-state index is 0.0592. The molecule has 7 heteroatoms. The molecule has 0 spiro atoms. The molecule has 3 heterocycles. The third kappa shape index (κ3) is 3.52. The third-order valence-electron chi connectivity index (χ3n) is 6.59. The number of piperazine rings is 1. The molecular weight excluding hydrogens is 459 g/mol. The van der Waals surface area contributed by atoms with Gasteiger partial charge < -0.3 is 14.7 Å². The minimum Gasteiger partial charge on any atom is -0.368 e. The molecule has 0 saturated carbocycles. The van der Waals surface area contributed by atoms with Crippen molar-refractivity contribution in [3.63, 3.8) is 0 Å². The Morgan fingerprint density at radius 2 is 1.68 bits per heavy atom. The fourth-order valence-corrected chi connectivity index (χ4v) is 8.14. The van der Waals surface area contributed by atoms with Crippen LogP contribution in [0.5, 0.6) is 0 Å². The van der Waals surface area contributed by atoms with E-state index in [-0.39, 0.29) is 5.54 Å². The van der Waals surface area contributed by atoms with Crippen LogP contribution in [-0.4, -0.2) is 43.1 Å². The van der Waals surface area contributed by atoms with Gasteiger partial charge in [0.2, 0.25) is 0 Å². The molecule has 2 aliphatic rings. The van der Waals surface area contributed by atoms with Crippen LogP contribution >= 0.6 is 45.1 Å². The highest BCUT2D eigenvalue weighted by atomic mass is 32.9. The molecule has 31 heavy (non-hydrogen) atoms. The number of fused-ring (bicyclic) bond motifs is 3. The number of nitrogens with zero attached hydrogens (tertiary/aromatic N) is 3. The van der Waals surface area contributed by atoms with Gasteiger partial charge in [0.1, 0.15) is 8.81 Å². The fourth-order valence-electron chi connectivity index (χ4n) is 4.50. The first kappa shape index (κ1) is 21.1. The van der Waals surface area contributed by atoms with Gasteiger partial charge in [-0.3, -0.25) is 0 Å². The van der Waals surface area contributed by atoms with Gasteiger partial charge in [-0.2, -0.15) is 0 Å². The normalized spacial score (nSPS) is 17.3. The standard InChI is InChI=1S/C24H25N3S4/c1-24(2)21-20(23(29)31-30-21)18-15-16(9-10-19(18)25(24)3)22(28)27-13-11-26(12-14-27)17-7-5-4-6-8-17/h4-10,15H,11-14H2,1-3H3. The smallest absolute Gasteiger partial charge is 0.110 e. The topological polar surface area (TPSA) is 9.72 Å². The van der Waals surface area contributed by atoms with Crippen molar-refractivity contribution in [3.05, 3.63) is 62.8 Å². The molecule has 0 N–H and O–H groups in total. The Morgan fingerprint density at radius 3 is 2.39 bits per heavy atom. The summed E-state index contributed by atoms with van der Waals surface area (Å²) in [6, 6.07) is 17.3. The Balaban J connectivity index is 1.42. The van der Waals surface area contributed by atoms with E-state index in [9.17, 15) is 0 Å². The molecule has 1 aromatic heterocycles. The Kier molecular flexibility index (Phi) is 5.41. The van der Waals surface area contributed by atoms with Crippen molar-refractivity contribution in [3.8, 4) is 11.1 Å². The zero-order valence-corrected chi connectivity index (χ0v) is 21.2. The SMILES string of the molecule is CN1c2ccc(C(=S)N3CCN(c4ccccc4)CC3)cc2-c2c(ssc2=S)C1(C)C. The summed E-state index contributed by atoms with van der Waals surface area (Å²) >= 11 is 11.7. The minimum atomic E-state index is -0.0592. The van der Waals surface area contributed by atoms with Gasteiger partial charge >= 0.3 is 0 Å². The molecular formula is C24H25N3S4. The van der Waals surface area contributed by atoms with E-state index < -0.39 is 0 Å². The van der Waals surface area contributed by atoms with Crippen molar-refractivity contribution in [2.45, 2.75) is 19.4 Å². The number of hydrogen-bond acceptors (Lipinski definition) is 6. The van der Waals surface area contributed by atoms with Crippen LogP contribution in [-0.2, 0) is 5.54 Å². The first-order chi connectivity index (χ1) is 14.9. The summed E-state index contributed by atoms with van der Waals surface area (Å²) in [6.45, 7) is 8.40. The van der Waals surface area contributed by atoms with Gasteiger partial charge in [-0.05, 0) is 44.2 Å². The third-order valence-corrected chi connectivity index (χ3v) is 10.4. The molecule has 0 bridgehead atoms. The second-order valence-corrected chi connectivity index (χ2v) is 11.8. The first-order valence-corrected chi connectivity index (χ1v) is 13.5. The van der Waals surface area contributed by atoms with Crippen molar-refractivity contribution in [2.24, 2.45) is 0 Å². The highest BCUT2D eigenvalue weighted by Gasteiger charge is 2.38. The summed E-state index contributed by atoms with van der Waals surface area (Å²) in [4.78, 5) is 9.45. The van der Waals surface area contributed by atoms with Crippen LogP contribution in [0.4, 0.5) is 11.4 Å². The van der Waals surface area contributed by atoms with E-state index >= 15 is 0 Å². The summed E-state index contributed by atoms with van der Waals surface area (Å²) in [5.74, 6) is 0. The first-order valence-electron chi connectivity index (χ1n) is 10.5. The second kappa shape index (κ2) is 7.96. The van der Waals surface area contributed by atoms with Crippen LogP contribution in [0.1, 0.15) is 24.3 Å². The number of thiocarbonyl (C=S) groups is 1. The van der Waals surface area contributed by atoms with Crippen molar-refractivity contribution in [1.82, 2.24) is 4.90 Å². The van der Waals surface area contributed by atoms with E-state index in [1.165, 1.54) is 27.4 Å². The number of para-hydroxylation sites is 1. The van der Waals surface area contributed by atoms with E-state index in [1.807, 2.05) is 10.3 Å². The monoisotopic (exact) mass is 483 g/mol. The van der Waals surface area contributed by atoms with Gasteiger partial charge in [-0.15, -0.1) is 0 Å². The van der Waals surface area contributed by atoms with Gasteiger partial charge in [0.05, 0.1) is 10.4 Å². The molecule has 3 nitrogen and oxygen atoms in total. The molecule has 5 rings (SSSR count). The van der Waals surface area contributed by atoms with E-state index in [0.29, 0.717) is 0 Å². The Bertz CT molecular complexity index is 1190. The molecule has 2 aromatic carbocycles. The van der Waals surface area contributed by atoms with Gasteiger partial charge in [0, 0.05) is 61.3 Å². The largest absolute Gasteiger partial charge is 0.368 e. The zero-order valence-electron chi connectivity index (χ0n) is 17.9. The number of rotatable bonds is 2. The maximum absolute atomic E-state index is 5.96. The zero-order chi connectivity index (χ0) is 21.8. The molecule has 0 amide bonds. The molecule has 1 fully saturated rings. The summed E-state index contributed by atoms with van der Waals surface area (Å²) in [5.41, 5.74) is 6.04. The molecule has 2 aliphatic heterocycles. The molecule has 3 aromatic rings. The van der Waals surface area contributed by atoms with Crippen LogP contribution in [0.2, 0.25) is 0 Å². The van der Waals surface area contributed by atoms with Crippen LogP contribution in [0.3, 0.4) is 0 Å². The Hall–Kier alpha value is -1.80. The van der Waals surface area contributed by atoms with E-state index in [4.69, 9.17) is 24.4 Å². The van der Waals surface area contributed by atoms with Crippen LogP contribution < -0.4 is 9.80 Å². The summed E-state index contributed by atoms with van der Waals surface area (Å²) in [7, 11) is 5.70. The summed E-state index contributed by atoms with van der Waals surface area (Å²) in [5, 5.41) is 0. The average molecular weight is 484 g/mol. The molecule has 0 atom stereocenters. The lowest BCUT2D eigenvalue weighted by Crippen LogP contribution is -2.48. The Labute approximate surface area is 201 Å². The van der Waals surface area contributed by atoms with Gasteiger partial charge in [0.25, 0.3) is 0 Å². The van der Waals surface area contributed by atoms with E-state index in [2.05, 4.69) is 84.1 Å². The van der Waals surface area contributed by atoms with E-state index in [1.54, 1.807) is 10.3 Å². The second-order valence-electron chi connectivity index (χ2n) is 8.62. The maximum atomic E-state index is 5.96. The van der Waals surface area contributed by atoms with Crippen molar-refractivity contribution >= 4 is 61.5 Å². The molecule has 0 aliphatic carbocycles. The molecule has 1 saturated heterocycles. The molecule has 160 valence electrons. The average Bonchev–Trinajstić information content (AvgIpc) is 3.20. The van der Waals surface area contributed by atoms with Crippen LogP contribution in [0, 0.1) is 3.82 Å². The highest BCUT2D eigenvalue weighted by molar-refractivity contribution is 7.80. The highest BCUT2D eigenvalue weighted by Crippen LogP contribution is 2.51. The number of hydrogen-bond donors (Lipinski definition) is 0. The number of anilines is 2. The Morgan fingerprint density at radius 1 is 0.968 bits per heavy atom. The van der Waals surface area contributed by atoms with Crippen LogP contribution in [0.15, 0.2) is 48.5 Å². The fraction of sp³-hybridized carbons (Fsp3) is 0.333.